The molecule has 0 aliphatic heterocycles. The Hall–Kier alpha value is -2.93. The summed E-state index contributed by atoms with van der Waals surface area (Å²) in [6.07, 6.45) is 0. The summed E-state index contributed by atoms with van der Waals surface area (Å²) in [6, 6.07) is 17.0. The Balaban J connectivity index is 1.87. The highest BCUT2D eigenvalue weighted by atomic mass is 35.5. The van der Waals surface area contributed by atoms with Gasteiger partial charge < -0.3 is 21.4 Å². The highest BCUT2D eigenvalue weighted by molar-refractivity contribution is 6.31. The zero-order valence-corrected chi connectivity index (χ0v) is 19.0. The molecule has 0 unspecified atom stereocenters. The van der Waals surface area contributed by atoms with E-state index in [0.717, 1.165) is 27.7 Å². The van der Waals surface area contributed by atoms with Gasteiger partial charge in [0.1, 0.15) is 5.82 Å². The van der Waals surface area contributed by atoms with Crippen LogP contribution in [0.25, 0.3) is 11.0 Å². The van der Waals surface area contributed by atoms with E-state index in [4.69, 9.17) is 28.1 Å². The maximum atomic E-state index is 14.2. The quantitative estimate of drug-likeness (QED) is 0.372. The lowest BCUT2D eigenvalue weighted by atomic mass is 9.98. The SMILES string of the molecule is Cc1cc(Cn2c(NCCN)nc3c([C@@H](N)c4ccccc4)cc(Cl)cc32)cc(C)c1F. The fraction of sp³-hybridized carbons (Fsp3) is 0.240. The first-order valence-corrected chi connectivity index (χ1v) is 11.0. The minimum atomic E-state index is -0.376. The van der Waals surface area contributed by atoms with Crippen molar-refractivity contribution < 1.29 is 4.39 Å². The molecule has 5 N–H and O–H groups in total. The van der Waals surface area contributed by atoms with Crippen molar-refractivity contribution >= 4 is 28.6 Å². The molecule has 4 rings (SSSR count). The van der Waals surface area contributed by atoms with Crippen LogP contribution in [0.5, 0.6) is 0 Å². The Labute approximate surface area is 192 Å². The van der Waals surface area contributed by atoms with E-state index < -0.39 is 0 Å². The molecule has 166 valence electrons. The van der Waals surface area contributed by atoms with Gasteiger partial charge in [-0.05, 0) is 48.2 Å². The third-order valence-corrected chi connectivity index (χ3v) is 5.82. The molecule has 0 amide bonds. The summed E-state index contributed by atoms with van der Waals surface area (Å²) in [5.41, 5.74) is 18.0. The number of anilines is 1. The van der Waals surface area contributed by atoms with Crippen LogP contribution in [0.4, 0.5) is 10.3 Å². The Kier molecular flexibility index (Phi) is 6.46. The van der Waals surface area contributed by atoms with E-state index in [1.165, 1.54) is 0 Å². The number of nitrogens with one attached hydrogen (secondary N) is 1. The van der Waals surface area contributed by atoms with Gasteiger partial charge in [0.15, 0.2) is 0 Å². The summed E-state index contributed by atoms with van der Waals surface area (Å²) in [5.74, 6) is 0.499. The monoisotopic (exact) mass is 451 g/mol. The summed E-state index contributed by atoms with van der Waals surface area (Å²) in [7, 11) is 0. The van der Waals surface area contributed by atoms with Crippen molar-refractivity contribution in [3.8, 4) is 0 Å². The highest BCUT2D eigenvalue weighted by Gasteiger charge is 2.20. The minimum absolute atomic E-state index is 0.176. The first-order chi connectivity index (χ1) is 15.4. The van der Waals surface area contributed by atoms with Crippen LogP contribution in [-0.4, -0.2) is 22.6 Å². The van der Waals surface area contributed by atoms with Gasteiger partial charge in [0.05, 0.1) is 23.6 Å². The van der Waals surface area contributed by atoms with Gasteiger partial charge in [0.25, 0.3) is 0 Å². The number of rotatable bonds is 7. The van der Waals surface area contributed by atoms with E-state index in [1.807, 2.05) is 59.2 Å². The predicted molar refractivity (Wildman–Crippen MR) is 130 cm³/mol. The smallest absolute Gasteiger partial charge is 0.204 e. The zero-order valence-electron chi connectivity index (χ0n) is 18.2. The minimum Gasteiger partial charge on any atom is -0.354 e. The molecule has 0 bridgehead atoms. The second-order valence-electron chi connectivity index (χ2n) is 8.03. The van der Waals surface area contributed by atoms with Crippen molar-refractivity contribution in [3.05, 3.63) is 93.3 Å². The lowest BCUT2D eigenvalue weighted by molar-refractivity contribution is 0.607. The maximum absolute atomic E-state index is 14.2. The van der Waals surface area contributed by atoms with E-state index in [2.05, 4.69) is 5.32 Å². The Bertz CT molecular complexity index is 1230. The molecule has 5 nitrogen and oxygen atoms in total. The number of nitrogens with zero attached hydrogens (tertiary/aromatic N) is 2. The van der Waals surface area contributed by atoms with Gasteiger partial charge in [-0.2, -0.15) is 0 Å². The number of benzene rings is 3. The molecule has 4 aromatic rings. The van der Waals surface area contributed by atoms with Gasteiger partial charge in [-0.25, -0.2) is 9.37 Å². The molecular weight excluding hydrogens is 425 g/mol. The van der Waals surface area contributed by atoms with Gasteiger partial charge in [-0.15, -0.1) is 0 Å². The van der Waals surface area contributed by atoms with Gasteiger partial charge in [-0.1, -0.05) is 54.1 Å². The van der Waals surface area contributed by atoms with Gasteiger partial charge in [0, 0.05) is 23.7 Å². The second-order valence-corrected chi connectivity index (χ2v) is 8.47. The second kappa shape index (κ2) is 9.28. The van der Waals surface area contributed by atoms with E-state index in [9.17, 15) is 4.39 Å². The lowest BCUT2D eigenvalue weighted by Crippen LogP contribution is -2.16. The van der Waals surface area contributed by atoms with E-state index >= 15 is 0 Å². The summed E-state index contributed by atoms with van der Waals surface area (Å²) < 4.78 is 16.2. The number of imidazole rings is 1. The number of aromatic nitrogens is 2. The molecule has 3 aromatic carbocycles. The van der Waals surface area contributed by atoms with Crippen LogP contribution in [0.15, 0.2) is 54.6 Å². The predicted octanol–water partition coefficient (Wildman–Crippen LogP) is 4.91. The van der Waals surface area contributed by atoms with Crippen molar-refractivity contribution in [3.63, 3.8) is 0 Å². The molecule has 0 spiro atoms. The number of halogens is 2. The third-order valence-electron chi connectivity index (χ3n) is 5.61. The largest absolute Gasteiger partial charge is 0.354 e. The standard InChI is InChI=1S/C25H27ClFN5/c1-15-10-17(11-16(2)22(15)27)14-32-21-13-19(26)12-20(23(29)18-6-4-3-5-7-18)24(21)31-25(32)30-9-8-28/h3-7,10-13,23H,8-9,14,28-29H2,1-2H3,(H,30,31)/t23-/m0/s1. The highest BCUT2D eigenvalue weighted by Crippen LogP contribution is 2.33. The van der Waals surface area contributed by atoms with Crippen LogP contribution in [0.1, 0.15) is 33.9 Å². The van der Waals surface area contributed by atoms with Crippen molar-refractivity contribution in [1.29, 1.82) is 0 Å². The molecule has 0 saturated carbocycles. The van der Waals surface area contributed by atoms with E-state index in [1.54, 1.807) is 13.8 Å². The molecule has 0 aliphatic carbocycles. The molecular formula is C25H27ClFN5. The van der Waals surface area contributed by atoms with E-state index in [0.29, 0.717) is 41.7 Å². The van der Waals surface area contributed by atoms with Crippen molar-refractivity contribution in [1.82, 2.24) is 9.55 Å². The molecule has 1 aromatic heterocycles. The Morgan fingerprint density at radius 1 is 1.09 bits per heavy atom. The summed E-state index contributed by atoms with van der Waals surface area (Å²) >= 11 is 6.53. The van der Waals surface area contributed by atoms with Crippen LogP contribution in [0.3, 0.4) is 0 Å². The number of fused-ring (bicyclic) bond motifs is 1. The van der Waals surface area contributed by atoms with Crippen LogP contribution < -0.4 is 16.8 Å². The molecule has 0 saturated heterocycles. The number of nitrogens with two attached hydrogens (primary N) is 2. The van der Waals surface area contributed by atoms with Crippen LogP contribution in [0.2, 0.25) is 5.02 Å². The van der Waals surface area contributed by atoms with Crippen molar-refractivity contribution in [2.75, 3.05) is 18.4 Å². The van der Waals surface area contributed by atoms with Gasteiger partial charge in [0.2, 0.25) is 5.95 Å². The van der Waals surface area contributed by atoms with Gasteiger partial charge >= 0.3 is 0 Å². The normalized spacial score (nSPS) is 12.3. The Morgan fingerprint density at radius 2 is 1.78 bits per heavy atom. The molecule has 1 atom stereocenters. The van der Waals surface area contributed by atoms with Crippen LogP contribution in [0, 0.1) is 19.7 Å². The molecule has 32 heavy (non-hydrogen) atoms. The lowest BCUT2D eigenvalue weighted by Gasteiger charge is -2.15. The first kappa shape index (κ1) is 22.3. The first-order valence-electron chi connectivity index (χ1n) is 10.6. The van der Waals surface area contributed by atoms with Gasteiger partial charge in [-0.3, -0.25) is 0 Å². The fourth-order valence-corrected chi connectivity index (χ4v) is 4.30. The third kappa shape index (κ3) is 4.35. The topological polar surface area (TPSA) is 81.9 Å². The van der Waals surface area contributed by atoms with Crippen LogP contribution >= 0.6 is 11.6 Å². The van der Waals surface area contributed by atoms with Crippen molar-refractivity contribution in [2.24, 2.45) is 11.5 Å². The molecule has 7 heteroatoms. The number of hydrogen-bond acceptors (Lipinski definition) is 4. The summed E-state index contributed by atoms with van der Waals surface area (Å²) in [4.78, 5) is 4.88. The molecule has 1 heterocycles. The fourth-order valence-electron chi connectivity index (χ4n) is 4.08. The Morgan fingerprint density at radius 3 is 2.44 bits per heavy atom. The van der Waals surface area contributed by atoms with E-state index in [-0.39, 0.29) is 11.9 Å². The zero-order chi connectivity index (χ0) is 22.8. The molecule has 0 radical (unpaired) electrons. The average molecular weight is 452 g/mol. The summed E-state index contributed by atoms with van der Waals surface area (Å²) in [6.45, 7) is 5.10. The molecule has 0 fully saturated rings. The van der Waals surface area contributed by atoms with Crippen LogP contribution in [-0.2, 0) is 6.54 Å². The summed E-state index contributed by atoms with van der Waals surface area (Å²) in [5, 5.41) is 3.89. The maximum Gasteiger partial charge on any atom is 0.204 e. The average Bonchev–Trinajstić information content (AvgIpc) is 3.12. The molecule has 0 aliphatic rings. The number of aryl methyl sites for hydroxylation is 2. The van der Waals surface area contributed by atoms with Crippen molar-refractivity contribution in [2.45, 2.75) is 26.4 Å². The number of hydrogen-bond donors (Lipinski definition) is 3.